The Kier molecular flexibility index (Phi) is 3.79. The van der Waals surface area contributed by atoms with Gasteiger partial charge in [-0.3, -0.25) is 14.6 Å². The van der Waals surface area contributed by atoms with Gasteiger partial charge in [-0.25, -0.2) is 0 Å². The number of aliphatic carboxylic acids is 1. The number of anilines is 1. The van der Waals surface area contributed by atoms with E-state index in [-0.39, 0.29) is 18.4 Å². The Hall–Kier alpha value is -2.37. The van der Waals surface area contributed by atoms with Gasteiger partial charge in [0.15, 0.2) is 0 Å². The summed E-state index contributed by atoms with van der Waals surface area (Å²) in [7, 11) is 0. The third-order valence-corrected chi connectivity index (χ3v) is 2.94. The summed E-state index contributed by atoms with van der Waals surface area (Å²) in [5.41, 5.74) is 6.68. The summed E-state index contributed by atoms with van der Waals surface area (Å²) in [4.78, 5) is 26.6. The molecule has 1 amide bonds. The normalized spacial score (nSPS) is 21.3. The first kappa shape index (κ1) is 13.1. The molecule has 6 nitrogen and oxygen atoms in total. The molecule has 2 unspecified atom stereocenters. The van der Waals surface area contributed by atoms with Crippen molar-refractivity contribution < 1.29 is 14.7 Å². The van der Waals surface area contributed by atoms with Gasteiger partial charge < -0.3 is 16.2 Å². The highest BCUT2D eigenvalue weighted by Gasteiger charge is 2.25. The third kappa shape index (κ3) is 3.54. The van der Waals surface area contributed by atoms with Crippen molar-refractivity contribution in [3.05, 3.63) is 36.2 Å². The lowest BCUT2D eigenvalue weighted by Gasteiger charge is -2.11. The van der Waals surface area contributed by atoms with Crippen LogP contribution in [0.15, 0.2) is 30.5 Å². The summed E-state index contributed by atoms with van der Waals surface area (Å²) >= 11 is 0. The lowest BCUT2D eigenvalue weighted by Crippen LogP contribution is -2.34. The molecule has 0 fully saturated rings. The average Bonchev–Trinajstić information content (AvgIpc) is 2.80. The second-order valence-corrected chi connectivity index (χ2v) is 4.50. The number of carboxylic acids is 1. The van der Waals surface area contributed by atoms with E-state index in [1.165, 1.54) is 6.20 Å². The SMILES string of the molecule is Nc1ccc(CC(=O)NC2C=CC(C(=O)O)C2)nc1. The predicted molar refractivity (Wildman–Crippen MR) is 69.2 cm³/mol. The fraction of sp³-hybridized carbons (Fsp3) is 0.308. The molecule has 0 radical (unpaired) electrons. The molecule has 0 saturated heterocycles. The summed E-state index contributed by atoms with van der Waals surface area (Å²) in [6, 6.07) is 3.16. The molecule has 1 aliphatic rings. The fourth-order valence-electron chi connectivity index (χ4n) is 1.95. The Morgan fingerprint density at radius 2 is 2.21 bits per heavy atom. The van der Waals surface area contributed by atoms with Gasteiger partial charge in [-0.05, 0) is 18.6 Å². The number of hydrogen-bond donors (Lipinski definition) is 3. The first-order chi connectivity index (χ1) is 9.04. The zero-order valence-corrected chi connectivity index (χ0v) is 10.2. The van der Waals surface area contributed by atoms with Crippen LogP contribution in [0.25, 0.3) is 0 Å². The molecule has 2 atom stereocenters. The van der Waals surface area contributed by atoms with Crippen molar-refractivity contribution in [1.82, 2.24) is 10.3 Å². The number of nitrogens with one attached hydrogen (secondary N) is 1. The van der Waals surface area contributed by atoms with Crippen molar-refractivity contribution in [2.75, 3.05) is 5.73 Å². The molecule has 6 heteroatoms. The van der Waals surface area contributed by atoms with Crippen LogP contribution in [-0.2, 0) is 16.0 Å². The van der Waals surface area contributed by atoms with Gasteiger partial charge in [-0.1, -0.05) is 12.2 Å². The van der Waals surface area contributed by atoms with E-state index in [4.69, 9.17) is 10.8 Å². The van der Waals surface area contributed by atoms with E-state index < -0.39 is 11.9 Å². The standard InChI is InChI=1S/C13H15N3O3/c14-9-2-4-10(15-7-9)6-12(17)16-11-3-1-8(5-11)13(18)19/h1-4,7-8,11H,5-6,14H2,(H,16,17)(H,18,19). The molecule has 19 heavy (non-hydrogen) atoms. The first-order valence-electron chi connectivity index (χ1n) is 5.95. The molecule has 1 aromatic rings. The van der Waals surface area contributed by atoms with Gasteiger partial charge in [0, 0.05) is 11.7 Å². The average molecular weight is 261 g/mol. The number of rotatable bonds is 4. The Balaban J connectivity index is 1.84. The van der Waals surface area contributed by atoms with Gasteiger partial charge in [0.2, 0.25) is 5.91 Å². The van der Waals surface area contributed by atoms with Crippen LogP contribution in [0.5, 0.6) is 0 Å². The maximum absolute atomic E-state index is 11.8. The molecule has 0 spiro atoms. The van der Waals surface area contributed by atoms with Crippen molar-refractivity contribution in [3.63, 3.8) is 0 Å². The van der Waals surface area contributed by atoms with E-state index in [1.54, 1.807) is 24.3 Å². The summed E-state index contributed by atoms with van der Waals surface area (Å²) in [6.07, 6.45) is 5.37. The largest absolute Gasteiger partial charge is 0.481 e. The highest BCUT2D eigenvalue weighted by Crippen LogP contribution is 2.17. The topological polar surface area (TPSA) is 105 Å². The highest BCUT2D eigenvalue weighted by molar-refractivity contribution is 5.79. The number of nitrogen functional groups attached to an aromatic ring is 1. The van der Waals surface area contributed by atoms with Crippen LogP contribution in [0.1, 0.15) is 12.1 Å². The molecule has 0 aromatic carbocycles. The molecule has 1 heterocycles. The van der Waals surface area contributed by atoms with Crippen LogP contribution in [0.4, 0.5) is 5.69 Å². The number of nitrogens with zero attached hydrogens (tertiary/aromatic N) is 1. The van der Waals surface area contributed by atoms with E-state index in [0.29, 0.717) is 17.8 Å². The van der Waals surface area contributed by atoms with E-state index >= 15 is 0 Å². The second kappa shape index (κ2) is 5.51. The van der Waals surface area contributed by atoms with Crippen LogP contribution >= 0.6 is 0 Å². The second-order valence-electron chi connectivity index (χ2n) is 4.50. The zero-order chi connectivity index (χ0) is 13.8. The van der Waals surface area contributed by atoms with Gasteiger partial charge >= 0.3 is 5.97 Å². The molecular weight excluding hydrogens is 246 g/mol. The maximum Gasteiger partial charge on any atom is 0.310 e. The van der Waals surface area contributed by atoms with E-state index in [0.717, 1.165) is 0 Å². The monoisotopic (exact) mass is 261 g/mol. The van der Waals surface area contributed by atoms with Crippen molar-refractivity contribution >= 4 is 17.6 Å². The number of amides is 1. The minimum absolute atomic E-state index is 0.155. The van der Waals surface area contributed by atoms with Crippen LogP contribution in [0.3, 0.4) is 0 Å². The highest BCUT2D eigenvalue weighted by atomic mass is 16.4. The number of carboxylic acid groups (broad SMARTS) is 1. The van der Waals surface area contributed by atoms with Crippen LogP contribution < -0.4 is 11.1 Å². The van der Waals surface area contributed by atoms with Gasteiger partial charge in [-0.15, -0.1) is 0 Å². The molecule has 0 aliphatic heterocycles. The molecule has 2 rings (SSSR count). The maximum atomic E-state index is 11.8. The molecule has 4 N–H and O–H groups in total. The molecule has 100 valence electrons. The molecule has 0 bridgehead atoms. The minimum Gasteiger partial charge on any atom is -0.481 e. The van der Waals surface area contributed by atoms with Crippen LogP contribution in [-0.4, -0.2) is 28.0 Å². The smallest absolute Gasteiger partial charge is 0.310 e. The summed E-state index contributed by atoms with van der Waals surface area (Å²) in [6.45, 7) is 0. The Morgan fingerprint density at radius 3 is 2.79 bits per heavy atom. The third-order valence-electron chi connectivity index (χ3n) is 2.94. The summed E-state index contributed by atoms with van der Waals surface area (Å²) in [5, 5.41) is 11.6. The summed E-state index contributed by atoms with van der Waals surface area (Å²) in [5.74, 6) is -1.56. The number of carbonyl (C=O) groups excluding carboxylic acids is 1. The van der Waals surface area contributed by atoms with Crippen molar-refractivity contribution in [2.45, 2.75) is 18.9 Å². The number of aromatic nitrogens is 1. The van der Waals surface area contributed by atoms with Crippen molar-refractivity contribution in [1.29, 1.82) is 0 Å². The number of carbonyl (C=O) groups is 2. The van der Waals surface area contributed by atoms with Crippen molar-refractivity contribution in [2.24, 2.45) is 5.92 Å². The Labute approximate surface area is 110 Å². The summed E-state index contributed by atoms with van der Waals surface area (Å²) < 4.78 is 0. The minimum atomic E-state index is -0.867. The molecule has 1 aromatic heterocycles. The van der Waals surface area contributed by atoms with Crippen LogP contribution in [0.2, 0.25) is 0 Å². The number of hydrogen-bond acceptors (Lipinski definition) is 4. The Bertz CT molecular complexity index is 510. The fourth-order valence-corrected chi connectivity index (χ4v) is 1.95. The number of pyridine rings is 1. The lowest BCUT2D eigenvalue weighted by atomic mass is 10.1. The Morgan fingerprint density at radius 1 is 1.42 bits per heavy atom. The molecule has 0 saturated carbocycles. The van der Waals surface area contributed by atoms with Gasteiger partial charge in [-0.2, -0.15) is 0 Å². The van der Waals surface area contributed by atoms with E-state index in [9.17, 15) is 9.59 Å². The van der Waals surface area contributed by atoms with E-state index in [1.807, 2.05) is 0 Å². The van der Waals surface area contributed by atoms with Crippen molar-refractivity contribution in [3.8, 4) is 0 Å². The quantitative estimate of drug-likeness (QED) is 0.678. The first-order valence-corrected chi connectivity index (χ1v) is 5.95. The van der Waals surface area contributed by atoms with Crippen LogP contribution in [0, 0.1) is 5.92 Å². The molecular formula is C13H15N3O3. The van der Waals surface area contributed by atoms with Gasteiger partial charge in [0.05, 0.1) is 24.2 Å². The predicted octanol–water partition coefficient (Wildman–Crippen LogP) is 0.352. The molecule has 1 aliphatic carbocycles. The zero-order valence-electron chi connectivity index (χ0n) is 10.2. The van der Waals surface area contributed by atoms with Gasteiger partial charge in [0.25, 0.3) is 0 Å². The number of nitrogens with two attached hydrogens (primary N) is 1. The van der Waals surface area contributed by atoms with E-state index in [2.05, 4.69) is 10.3 Å². The lowest BCUT2D eigenvalue weighted by molar-refractivity contribution is -0.140. The van der Waals surface area contributed by atoms with Gasteiger partial charge in [0.1, 0.15) is 0 Å².